The zero-order valence-corrected chi connectivity index (χ0v) is 18.3. The van der Waals surface area contributed by atoms with Crippen molar-refractivity contribution in [1.29, 1.82) is 0 Å². The smallest absolute Gasteiger partial charge is 0.230 e. The average molecular weight is 439 g/mol. The van der Waals surface area contributed by atoms with Crippen LogP contribution in [0.1, 0.15) is 23.7 Å². The van der Waals surface area contributed by atoms with Gasteiger partial charge in [0.25, 0.3) is 0 Å². The van der Waals surface area contributed by atoms with Crippen LogP contribution in [0, 0.1) is 13.8 Å². The Bertz CT molecular complexity index is 1200. The monoisotopic (exact) mass is 438 g/mol. The SMILES string of the molecule is CC(=O)N(c1nc(Cn2nnc(-c3ccc(Cl)cc3)n2)cs1)c1cccc(C)c1C. The molecule has 0 fully saturated rings. The van der Waals surface area contributed by atoms with Gasteiger partial charge in [-0.3, -0.25) is 9.69 Å². The van der Waals surface area contributed by atoms with Crippen molar-refractivity contribution in [2.75, 3.05) is 4.90 Å². The molecule has 0 unspecified atom stereocenters. The van der Waals surface area contributed by atoms with Crippen molar-refractivity contribution >= 4 is 39.7 Å². The summed E-state index contributed by atoms with van der Waals surface area (Å²) in [5.41, 5.74) is 4.60. The van der Waals surface area contributed by atoms with E-state index in [0.717, 1.165) is 28.1 Å². The Balaban J connectivity index is 1.57. The maximum absolute atomic E-state index is 12.4. The summed E-state index contributed by atoms with van der Waals surface area (Å²) in [5, 5.41) is 15.8. The quantitative estimate of drug-likeness (QED) is 0.447. The van der Waals surface area contributed by atoms with Crippen LogP contribution in [-0.2, 0) is 11.3 Å². The molecule has 0 saturated heterocycles. The summed E-state index contributed by atoms with van der Waals surface area (Å²) in [6.07, 6.45) is 0. The van der Waals surface area contributed by atoms with E-state index in [4.69, 9.17) is 11.6 Å². The van der Waals surface area contributed by atoms with Crippen molar-refractivity contribution < 1.29 is 4.79 Å². The topological polar surface area (TPSA) is 76.8 Å². The highest BCUT2D eigenvalue weighted by Crippen LogP contribution is 2.32. The Kier molecular flexibility index (Phi) is 5.61. The van der Waals surface area contributed by atoms with Gasteiger partial charge in [-0.05, 0) is 60.5 Å². The third kappa shape index (κ3) is 4.10. The molecule has 4 aromatic rings. The molecule has 0 aliphatic rings. The van der Waals surface area contributed by atoms with Gasteiger partial charge in [-0.2, -0.15) is 4.80 Å². The summed E-state index contributed by atoms with van der Waals surface area (Å²) < 4.78 is 0. The van der Waals surface area contributed by atoms with E-state index in [9.17, 15) is 4.79 Å². The van der Waals surface area contributed by atoms with E-state index in [-0.39, 0.29) is 5.91 Å². The van der Waals surface area contributed by atoms with Crippen molar-refractivity contribution in [3.63, 3.8) is 0 Å². The molecule has 0 atom stereocenters. The lowest BCUT2D eigenvalue weighted by atomic mass is 10.1. The number of rotatable bonds is 5. The van der Waals surface area contributed by atoms with Crippen LogP contribution in [0.4, 0.5) is 10.8 Å². The summed E-state index contributed by atoms with van der Waals surface area (Å²) in [6, 6.07) is 13.2. The Hall–Kier alpha value is -3.10. The van der Waals surface area contributed by atoms with Gasteiger partial charge in [-0.25, -0.2) is 4.98 Å². The molecule has 152 valence electrons. The number of nitrogens with zero attached hydrogens (tertiary/aromatic N) is 6. The number of aromatic nitrogens is 5. The highest BCUT2D eigenvalue weighted by molar-refractivity contribution is 7.14. The molecule has 2 aromatic carbocycles. The fourth-order valence-electron chi connectivity index (χ4n) is 3.03. The first-order chi connectivity index (χ1) is 14.4. The van der Waals surface area contributed by atoms with E-state index in [1.165, 1.54) is 16.1 Å². The number of carbonyl (C=O) groups is 1. The number of amides is 1. The number of thiazole rings is 1. The van der Waals surface area contributed by atoms with Gasteiger partial charge < -0.3 is 0 Å². The summed E-state index contributed by atoms with van der Waals surface area (Å²) in [7, 11) is 0. The van der Waals surface area contributed by atoms with E-state index in [1.807, 2.05) is 49.6 Å². The van der Waals surface area contributed by atoms with Gasteiger partial charge in [-0.1, -0.05) is 23.7 Å². The number of aryl methyl sites for hydroxylation is 1. The van der Waals surface area contributed by atoms with Gasteiger partial charge in [0.1, 0.15) is 6.54 Å². The average Bonchev–Trinajstić information content (AvgIpc) is 3.36. The number of tetrazole rings is 1. The zero-order chi connectivity index (χ0) is 21.3. The van der Waals surface area contributed by atoms with Gasteiger partial charge >= 0.3 is 0 Å². The largest absolute Gasteiger partial charge is 0.274 e. The molecule has 2 aromatic heterocycles. The van der Waals surface area contributed by atoms with Crippen molar-refractivity contribution in [3.05, 3.63) is 69.7 Å². The van der Waals surface area contributed by atoms with Crippen LogP contribution in [0.25, 0.3) is 11.4 Å². The predicted molar refractivity (Wildman–Crippen MR) is 118 cm³/mol. The molecule has 4 rings (SSSR count). The normalized spacial score (nSPS) is 10.9. The number of hydrogen-bond donors (Lipinski definition) is 0. The van der Waals surface area contributed by atoms with Crippen molar-refractivity contribution in [2.45, 2.75) is 27.3 Å². The first-order valence-corrected chi connectivity index (χ1v) is 10.5. The van der Waals surface area contributed by atoms with E-state index < -0.39 is 0 Å². The first kappa shape index (κ1) is 20.2. The second-order valence-electron chi connectivity index (χ2n) is 6.85. The molecule has 9 heteroatoms. The number of halogens is 1. The second kappa shape index (κ2) is 8.33. The number of hydrogen-bond acceptors (Lipinski definition) is 6. The molecule has 0 saturated carbocycles. The highest BCUT2D eigenvalue weighted by Gasteiger charge is 2.20. The van der Waals surface area contributed by atoms with Gasteiger partial charge in [-0.15, -0.1) is 21.5 Å². The maximum Gasteiger partial charge on any atom is 0.230 e. The molecule has 0 bridgehead atoms. The van der Waals surface area contributed by atoms with Crippen molar-refractivity contribution in [3.8, 4) is 11.4 Å². The van der Waals surface area contributed by atoms with E-state index >= 15 is 0 Å². The molecular formula is C21H19ClN6OS. The fraction of sp³-hybridized carbons (Fsp3) is 0.190. The van der Waals surface area contributed by atoms with Crippen LogP contribution >= 0.6 is 22.9 Å². The lowest BCUT2D eigenvalue weighted by Gasteiger charge is -2.21. The summed E-state index contributed by atoms with van der Waals surface area (Å²) in [4.78, 5) is 20.2. The van der Waals surface area contributed by atoms with E-state index in [0.29, 0.717) is 22.5 Å². The van der Waals surface area contributed by atoms with E-state index in [2.05, 4.69) is 20.4 Å². The minimum absolute atomic E-state index is 0.0893. The maximum atomic E-state index is 12.4. The molecule has 0 N–H and O–H groups in total. The van der Waals surface area contributed by atoms with Crippen LogP contribution in [0.15, 0.2) is 47.8 Å². The molecule has 7 nitrogen and oxygen atoms in total. The molecule has 1 amide bonds. The molecule has 2 heterocycles. The Morgan fingerprint density at radius 1 is 1.17 bits per heavy atom. The molecular weight excluding hydrogens is 420 g/mol. The van der Waals surface area contributed by atoms with Crippen LogP contribution < -0.4 is 4.90 Å². The standard InChI is InChI=1S/C21H19ClN6OS/c1-13-5-4-6-19(14(13)2)28(15(3)29)21-23-18(12-30-21)11-27-25-20(24-26-27)16-7-9-17(22)10-8-16/h4-10,12H,11H2,1-3H3. The van der Waals surface area contributed by atoms with Crippen molar-refractivity contribution in [1.82, 2.24) is 25.2 Å². The highest BCUT2D eigenvalue weighted by atomic mass is 35.5. The summed E-state index contributed by atoms with van der Waals surface area (Å²) in [5.74, 6) is 0.427. The molecule has 0 spiro atoms. The number of carbonyl (C=O) groups excluding carboxylic acids is 1. The van der Waals surface area contributed by atoms with Crippen LogP contribution in [-0.4, -0.2) is 31.1 Å². The lowest BCUT2D eigenvalue weighted by Crippen LogP contribution is -2.23. The predicted octanol–water partition coefficient (Wildman–Crippen LogP) is 4.80. The number of anilines is 2. The fourth-order valence-corrected chi connectivity index (χ4v) is 4.02. The third-order valence-electron chi connectivity index (χ3n) is 4.72. The first-order valence-electron chi connectivity index (χ1n) is 9.27. The molecule has 0 aliphatic carbocycles. The van der Waals surface area contributed by atoms with Crippen LogP contribution in [0.5, 0.6) is 0 Å². The molecule has 0 aliphatic heterocycles. The zero-order valence-electron chi connectivity index (χ0n) is 16.7. The summed E-state index contributed by atoms with van der Waals surface area (Å²) in [6.45, 7) is 5.93. The van der Waals surface area contributed by atoms with Crippen molar-refractivity contribution in [2.24, 2.45) is 0 Å². The van der Waals surface area contributed by atoms with Gasteiger partial charge in [0.15, 0.2) is 5.13 Å². The Labute approximate surface area is 182 Å². The van der Waals surface area contributed by atoms with Gasteiger partial charge in [0, 0.05) is 22.9 Å². The minimum atomic E-state index is -0.0893. The van der Waals surface area contributed by atoms with Gasteiger partial charge in [0.2, 0.25) is 11.7 Å². The van der Waals surface area contributed by atoms with Crippen LogP contribution in [0.2, 0.25) is 5.02 Å². The Morgan fingerprint density at radius 3 is 2.67 bits per heavy atom. The number of benzene rings is 2. The van der Waals surface area contributed by atoms with E-state index in [1.54, 1.807) is 24.0 Å². The Morgan fingerprint density at radius 2 is 1.93 bits per heavy atom. The van der Waals surface area contributed by atoms with Crippen LogP contribution in [0.3, 0.4) is 0 Å². The molecule has 0 radical (unpaired) electrons. The third-order valence-corrected chi connectivity index (χ3v) is 5.85. The lowest BCUT2D eigenvalue weighted by molar-refractivity contribution is -0.115. The van der Waals surface area contributed by atoms with Gasteiger partial charge in [0.05, 0.1) is 11.4 Å². The molecule has 30 heavy (non-hydrogen) atoms. The second-order valence-corrected chi connectivity index (χ2v) is 8.12. The minimum Gasteiger partial charge on any atom is -0.274 e. The summed E-state index contributed by atoms with van der Waals surface area (Å²) >= 11 is 7.34.